The lowest BCUT2D eigenvalue weighted by molar-refractivity contribution is -0.124. The predicted octanol–water partition coefficient (Wildman–Crippen LogP) is 3.93. The number of sulfonamides is 1. The number of likely N-dealkylation sites (tertiary alicyclic amines) is 1. The van der Waals surface area contributed by atoms with Crippen LogP contribution in [0.4, 0.5) is 10.5 Å². The average Bonchev–Trinajstić information content (AvgIpc) is 3.72. The molecule has 15 nitrogen and oxygen atoms in total. The first-order valence-electron chi connectivity index (χ1n) is 19.0. The zero-order chi connectivity index (χ0) is 39.6. The number of pyridine rings is 1. The number of aliphatic hydroxyl groups is 1. The van der Waals surface area contributed by atoms with Gasteiger partial charge in [0.25, 0.3) is 5.91 Å². The number of carbonyl (C=O) groups excluding carboxylic acids is 2. The number of aromatic nitrogens is 2. The number of carbonyl (C=O) groups is 2. The third-order valence-electron chi connectivity index (χ3n) is 10.5. The summed E-state index contributed by atoms with van der Waals surface area (Å²) < 4.78 is 55.2. The summed E-state index contributed by atoms with van der Waals surface area (Å²) >= 11 is 0. The van der Waals surface area contributed by atoms with Gasteiger partial charge in [0, 0.05) is 53.6 Å². The molecular formula is C38H56N6O9SSi. The minimum Gasteiger partial charge on any atom is -0.445 e. The van der Waals surface area contributed by atoms with Crippen molar-refractivity contribution in [3.8, 4) is 0 Å². The van der Waals surface area contributed by atoms with Gasteiger partial charge in [-0.1, -0.05) is 50.0 Å². The Labute approximate surface area is 324 Å². The highest BCUT2D eigenvalue weighted by molar-refractivity contribution is 7.89. The van der Waals surface area contributed by atoms with Gasteiger partial charge in [-0.25, -0.2) is 18.2 Å². The maximum atomic E-state index is 14.7. The first kappa shape index (κ1) is 41.1. The van der Waals surface area contributed by atoms with Crippen LogP contribution in [0.5, 0.6) is 0 Å². The van der Waals surface area contributed by atoms with Crippen LogP contribution < -0.4 is 10.2 Å². The summed E-state index contributed by atoms with van der Waals surface area (Å²) in [5, 5.41) is 14.1. The lowest BCUT2D eigenvalue weighted by Crippen LogP contribution is -2.62. The van der Waals surface area contributed by atoms with Crippen LogP contribution in [0.15, 0.2) is 53.7 Å². The molecule has 302 valence electrons. The first-order chi connectivity index (χ1) is 26.0. The van der Waals surface area contributed by atoms with Gasteiger partial charge in [-0.15, -0.1) is 0 Å². The summed E-state index contributed by atoms with van der Waals surface area (Å²) in [6.07, 6.45) is 2.74. The molecule has 0 spiro atoms. The number of benzene rings is 1. The molecule has 1 unspecified atom stereocenters. The van der Waals surface area contributed by atoms with E-state index in [0.29, 0.717) is 37.3 Å². The minimum atomic E-state index is -4.19. The molecule has 0 saturated carbocycles. The van der Waals surface area contributed by atoms with E-state index in [1.807, 2.05) is 51.1 Å². The van der Waals surface area contributed by atoms with E-state index in [4.69, 9.17) is 18.9 Å². The molecular weight excluding hydrogens is 745 g/mol. The van der Waals surface area contributed by atoms with Crippen LogP contribution in [0.2, 0.25) is 25.7 Å². The van der Waals surface area contributed by atoms with Crippen molar-refractivity contribution >= 4 is 41.3 Å². The standard InChI is InChI=1S/C38H56N6O9SSi/c1-28-20-42(21-29(2)53-28)32-18-31(54(48,49)44(37(3)25-51-26-37)27-50-16-17-55(4,5)6)22-43-33(32)19-40-34(43)35(45)41-15-13-38(47,24-41)12-14-39-36(46)52-23-30-10-8-7-9-11-30/h7-11,18-19,22,28-29,47H,12-17,20-21,23-27H2,1-6H3,(H,39,46)/t28-,29-,38?/m0/s1. The molecule has 3 aromatic rings. The second kappa shape index (κ2) is 16.5. The van der Waals surface area contributed by atoms with Crippen molar-refractivity contribution in [1.29, 1.82) is 0 Å². The van der Waals surface area contributed by atoms with Crippen molar-refractivity contribution in [1.82, 2.24) is 23.9 Å². The van der Waals surface area contributed by atoms with Gasteiger partial charge >= 0.3 is 6.09 Å². The maximum Gasteiger partial charge on any atom is 0.407 e. The van der Waals surface area contributed by atoms with Gasteiger partial charge in [0.15, 0.2) is 0 Å². The number of imidazole rings is 1. The monoisotopic (exact) mass is 800 g/mol. The van der Waals surface area contributed by atoms with E-state index < -0.39 is 41.2 Å². The Morgan fingerprint density at radius 2 is 1.84 bits per heavy atom. The lowest BCUT2D eigenvalue weighted by atomic mass is 9.99. The highest BCUT2D eigenvalue weighted by Crippen LogP contribution is 2.35. The number of anilines is 1. The van der Waals surface area contributed by atoms with Crippen molar-refractivity contribution in [2.75, 3.05) is 64.2 Å². The molecule has 1 aromatic carbocycles. The van der Waals surface area contributed by atoms with E-state index in [1.54, 1.807) is 16.7 Å². The SMILES string of the molecule is C[C@H]1CN(c2cc(S(=O)(=O)N(COCC[Si](C)(C)C)C3(C)COC3)cn3c(C(=O)N4CCC(O)(CCNC(=O)OCc5ccccc5)C4)ncc23)C[C@H](C)O1. The molecule has 6 rings (SSSR count). The smallest absolute Gasteiger partial charge is 0.407 e. The van der Waals surface area contributed by atoms with Crippen molar-refractivity contribution in [2.45, 2.75) is 94.1 Å². The number of nitrogens with zero attached hydrogens (tertiary/aromatic N) is 5. The number of nitrogens with one attached hydrogen (secondary N) is 1. The number of rotatable bonds is 15. The molecule has 3 aliphatic heterocycles. The van der Waals surface area contributed by atoms with E-state index in [-0.39, 0.29) is 75.5 Å². The van der Waals surface area contributed by atoms with Crippen LogP contribution >= 0.6 is 0 Å². The Morgan fingerprint density at radius 3 is 2.49 bits per heavy atom. The Bertz CT molecular complexity index is 1930. The van der Waals surface area contributed by atoms with Gasteiger partial charge in [-0.3, -0.25) is 9.20 Å². The number of β-amino-alcohol motifs (C(OH)–C–C–N with tert-alkyl or cyclic N) is 1. The number of ether oxygens (including phenoxy) is 4. The van der Waals surface area contributed by atoms with E-state index >= 15 is 0 Å². The molecule has 2 N–H and O–H groups in total. The van der Waals surface area contributed by atoms with Gasteiger partial charge in [-0.2, -0.15) is 4.31 Å². The number of hydrogen-bond donors (Lipinski definition) is 2. The minimum absolute atomic E-state index is 0.000999. The van der Waals surface area contributed by atoms with Crippen molar-refractivity contribution in [3.63, 3.8) is 0 Å². The van der Waals surface area contributed by atoms with Crippen LogP contribution in [-0.2, 0) is 35.6 Å². The van der Waals surface area contributed by atoms with Crippen molar-refractivity contribution in [3.05, 3.63) is 60.2 Å². The molecule has 17 heteroatoms. The van der Waals surface area contributed by atoms with Crippen LogP contribution in [0, 0.1) is 0 Å². The fourth-order valence-corrected chi connectivity index (χ4v) is 9.65. The molecule has 3 saturated heterocycles. The van der Waals surface area contributed by atoms with Crippen LogP contribution in [0.1, 0.15) is 49.8 Å². The molecule has 0 bridgehead atoms. The average molecular weight is 801 g/mol. The van der Waals surface area contributed by atoms with Crippen LogP contribution in [0.25, 0.3) is 5.52 Å². The topological polar surface area (TPSA) is 164 Å². The normalized spacial score (nSPS) is 22.9. The summed E-state index contributed by atoms with van der Waals surface area (Å²) in [5.41, 5.74) is 0.00149. The molecule has 0 aliphatic carbocycles. The number of alkyl carbamates (subject to hydrolysis) is 1. The summed E-state index contributed by atoms with van der Waals surface area (Å²) in [4.78, 5) is 34.6. The second-order valence-corrected chi connectivity index (χ2v) is 24.2. The Kier molecular flexibility index (Phi) is 12.3. The van der Waals surface area contributed by atoms with Crippen molar-refractivity contribution < 1.29 is 42.1 Å². The van der Waals surface area contributed by atoms with E-state index in [0.717, 1.165) is 11.6 Å². The molecule has 3 aliphatic rings. The predicted molar refractivity (Wildman–Crippen MR) is 209 cm³/mol. The first-order valence-corrected chi connectivity index (χ1v) is 24.2. The molecule has 0 radical (unpaired) electrons. The zero-order valence-corrected chi connectivity index (χ0v) is 34.6. The number of amides is 2. The molecule has 3 fully saturated rings. The van der Waals surface area contributed by atoms with Gasteiger partial charge in [0.05, 0.1) is 54.0 Å². The third-order valence-corrected chi connectivity index (χ3v) is 14.1. The fraction of sp³-hybridized carbons (Fsp3) is 0.605. The molecule has 5 heterocycles. The zero-order valence-electron chi connectivity index (χ0n) is 32.8. The Balaban J connectivity index is 1.23. The second-order valence-electron chi connectivity index (χ2n) is 16.7. The summed E-state index contributed by atoms with van der Waals surface area (Å²) in [5.74, 6) is -0.410. The van der Waals surface area contributed by atoms with Crippen molar-refractivity contribution in [2.24, 2.45) is 0 Å². The molecule has 3 atom stereocenters. The van der Waals surface area contributed by atoms with Gasteiger partial charge in [0.2, 0.25) is 15.8 Å². The highest BCUT2D eigenvalue weighted by Gasteiger charge is 2.47. The van der Waals surface area contributed by atoms with Gasteiger partial charge < -0.3 is 39.2 Å². The van der Waals surface area contributed by atoms with Crippen LogP contribution in [-0.4, -0.2) is 135 Å². The van der Waals surface area contributed by atoms with E-state index in [9.17, 15) is 23.1 Å². The highest BCUT2D eigenvalue weighted by atomic mass is 32.2. The summed E-state index contributed by atoms with van der Waals surface area (Å²) in [6, 6.07) is 11.9. The van der Waals surface area contributed by atoms with E-state index in [1.165, 1.54) is 15.4 Å². The largest absolute Gasteiger partial charge is 0.445 e. The Hall–Kier alpha value is -3.58. The number of morpholine rings is 1. The fourth-order valence-electron chi connectivity index (χ4n) is 7.24. The summed E-state index contributed by atoms with van der Waals surface area (Å²) in [7, 11) is -5.61. The molecule has 2 aromatic heterocycles. The van der Waals surface area contributed by atoms with Gasteiger partial charge in [-0.05, 0) is 51.3 Å². The number of fused-ring (bicyclic) bond motifs is 1. The third kappa shape index (κ3) is 9.69. The van der Waals surface area contributed by atoms with E-state index in [2.05, 4.69) is 34.8 Å². The summed E-state index contributed by atoms with van der Waals surface area (Å²) in [6.45, 7) is 14.9. The lowest BCUT2D eigenvalue weighted by Gasteiger charge is -2.45. The quantitative estimate of drug-likeness (QED) is 0.130. The Morgan fingerprint density at radius 1 is 1.13 bits per heavy atom. The maximum absolute atomic E-state index is 14.7. The molecule has 2 amide bonds. The van der Waals surface area contributed by atoms with Gasteiger partial charge in [0.1, 0.15) is 18.2 Å². The van der Waals surface area contributed by atoms with Crippen LogP contribution in [0.3, 0.4) is 0 Å². The number of hydrogen-bond acceptors (Lipinski definition) is 11. The molecule has 55 heavy (non-hydrogen) atoms.